The summed E-state index contributed by atoms with van der Waals surface area (Å²) in [6, 6.07) is 0. The fourth-order valence-electron chi connectivity index (χ4n) is 2.15. The van der Waals surface area contributed by atoms with Crippen LogP contribution < -0.4 is 0 Å². The van der Waals surface area contributed by atoms with Gasteiger partial charge in [0.1, 0.15) is 0 Å². The normalized spacial score (nSPS) is 9.00. The monoisotopic (exact) mass is 414 g/mol. The van der Waals surface area contributed by atoms with Gasteiger partial charge in [0, 0.05) is 41.5 Å². The minimum absolute atomic E-state index is 0. The predicted molar refractivity (Wildman–Crippen MR) is 111 cm³/mol. The first-order valence-corrected chi connectivity index (χ1v) is 10.6. The summed E-state index contributed by atoms with van der Waals surface area (Å²) < 4.78 is 0. The standard InChI is InChI=1S/3C7H16O.H2O.Ti/c3*1-2-3-4-5-6-7-8;;/h3*8H,2-7H2,1H3;1H2;. The zero-order valence-corrected chi connectivity index (χ0v) is 19.6. The Morgan fingerprint density at radius 3 is 0.731 bits per heavy atom. The molecule has 0 aromatic heterocycles. The van der Waals surface area contributed by atoms with Crippen LogP contribution in [0.3, 0.4) is 0 Å². The van der Waals surface area contributed by atoms with E-state index in [1.54, 1.807) is 0 Å². The fourth-order valence-corrected chi connectivity index (χ4v) is 2.15. The number of hydrogen-bond donors (Lipinski definition) is 3. The molecule has 0 rings (SSSR count). The molecule has 0 aromatic carbocycles. The van der Waals surface area contributed by atoms with E-state index in [-0.39, 0.29) is 27.2 Å². The van der Waals surface area contributed by atoms with Crippen LogP contribution in [0.25, 0.3) is 0 Å². The summed E-state index contributed by atoms with van der Waals surface area (Å²) in [7, 11) is 0. The van der Waals surface area contributed by atoms with E-state index < -0.39 is 0 Å². The molecule has 0 saturated carbocycles. The Balaban J connectivity index is -0.0000000817. The summed E-state index contributed by atoms with van der Waals surface area (Å²) in [5, 5.41) is 25.1. The zero-order valence-electron chi connectivity index (χ0n) is 18.1. The summed E-state index contributed by atoms with van der Waals surface area (Å²) in [4.78, 5) is 0. The Morgan fingerprint density at radius 1 is 0.385 bits per heavy atom. The second-order valence-corrected chi connectivity index (χ2v) is 6.41. The van der Waals surface area contributed by atoms with Gasteiger partial charge in [0.15, 0.2) is 0 Å². The Kier molecular flexibility index (Phi) is 64.2. The van der Waals surface area contributed by atoms with E-state index in [1.165, 1.54) is 77.0 Å². The van der Waals surface area contributed by atoms with Crippen LogP contribution in [-0.4, -0.2) is 40.6 Å². The molecule has 0 aliphatic rings. The summed E-state index contributed by atoms with van der Waals surface area (Å²) in [5.74, 6) is 0. The molecular formula is C21H50O4Ti. The second-order valence-electron chi connectivity index (χ2n) is 6.41. The van der Waals surface area contributed by atoms with E-state index in [9.17, 15) is 0 Å². The van der Waals surface area contributed by atoms with Gasteiger partial charge in [-0.25, -0.2) is 0 Å². The van der Waals surface area contributed by atoms with Crippen LogP contribution >= 0.6 is 0 Å². The molecule has 0 aliphatic carbocycles. The number of aliphatic hydroxyl groups is 3. The molecule has 0 spiro atoms. The first-order valence-electron chi connectivity index (χ1n) is 10.6. The molecule has 4 nitrogen and oxygen atoms in total. The molecule has 162 valence electrons. The van der Waals surface area contributed by atoms with Crippen molar-refractivity contribution in [3.63, 3.8) is 0 Å². The Labute approximate surface area is 179 Å². The Morgan fingerprint density at radius 2 is 0.577 bits per heavy atom. The third-order valence-electron chi connectivity index (χ3n) is 3.79. The molecule has 0 bridgehead atoms. The van der Waals surface area contributed by atoms with E-state index in [2.05, 4.69) is 20.8 Å². The quantitative estimate of drug-likeness (QED) is 0.259. The second kappa shape index (κ2) is 44.8. The van der Waals surface area contributed by atoms with Crippen LogP contribution in [0.1, 0.15) is 117 Å². The molecule has 0 aliphatic heterocycles. The topological polar surface area (TPSA) is 92.2 Å². The Bertz CT molecular complexity index is 126. The predicted octanol–water partition coefficient (Wildman–Crippen LogP) is 5.02. The zero-order chi connectivity index (χ0) is 18.7. The van der Waals surface area contributed by atoms with Gasteiger partial charge in [0.05, 0.1) is 0 Å². The SMILES string of the molecule is CCCCCCCO.CCCCCCCO.CCCCCCCO.O.[Ti]. The number of unbranched alkanes of at least 4 members (excludes halogenated alkanes) is 12. The summed E-state index contributed by atoms with van der Waals surface area (Å²) in [6.07, 6.45) is 18.2. The average molecular weight is 414 g/mol. The molecule has 0 aromatic rings. The molecule has 5 N–H and O–H groups in total. The number of hydrogen-bond acceptors (Lipinski definition) is 3. The molecule has 0 heterocycles. The molecule has 0 atom stereocenters. The van der Waals surface area contributed by atoms with Gasteiger partial charge in [-0.2, -0.15) is 0 Å². The minimum Gasteiger partial charge on any atom is -0.412 e. The third kappa shape index (κ3) is 56.3. The van der Waals surface area contributed by atoms with Gasteiger partial charge in [-0.15, -0.1) is 0 Å². The number of aliphatic hydroxyl groups excluding tert-OH is 3. The maximum atomic E-state index is 8.37. The van der Waals surface area contributed by atoms with Gasteiger partial charge < -0.3 is 20.8 Å². The van der Waals surface area contributed by atoms with Gasteiger partial charge in [-0.3, -0.25) is 0 Å². The van der Waals surface area contributed by atoms with Crippen molar-refractivity contribution in [2.24, 2.45) is 0 Å². The van der Waals surface area contributed by atoms with Crippen LogP contribution in [0.4, 0.5) is 0 Å². The van der Waals surface area contributed by atoms with Crippen molar-refractivity contribution in [3.05, 3.63) is 0 Å². The van der Waals surface area contributed by atoms with Crippen LogP contribution in [0.5, 0.6) is 0 Å². The van der Waals surface area contributed by atoms with Gasteiger partial charge in [-0.05, 0) is 19.3 Å². The minimum atomic E-state index is 0. The van der Waals surface area contributed by atoms with Crippen molar-refractivity contribution in [2.45, 2.75) is 117 Å². The van der Waals surface area contributed by atoms with Crippen molar-refractivity contribution in [3.8, 4) is 0 Å². The maximum Gasteiger partial charge on any atom is 0.0431 e. The van der Waals surface area contributed by atoms with Crippen molar-refractivity contribution in [1.82, 2.24) is 0 Å². The summed E-state index contributed by atoms with van der Waals surface area (Å²) >= 11 is 0. The van der Waals surface area contributed by atoms with Crippen molar-refractivity contribution < 1.29 is 42.5 Å². The van der Waals surface area contributed by atoms with Crippen LogP contribution in [0.15, 0.2) is 0 Å². The Hall–Kier alpha value is 0.554. The van der Waals surface area contributed by atoms with Gasteiger partial charge in [0.25, 0.3) is 0 Å². The molecule has 0 unspecified atom stereocenters. The van der Waals surface area contributed by atoms with Crippen LogP contribution in [0, 0.1) is 0 Å². The first kappa shape index (κ1) is 37.3. The maximum absolute atomic E-state index is 8.37. The van der Waals surface area contributed by atoms with Gasteiger partial charge in [-0.1, -0.05) is 97.8 Å². The molecule has 26 heavy (non-hydrogen) atoms. The number of rotatable bonds is 15. The summed E-state index contributed by atoms with van der Waals surface area (Å²) in [6.45, 7) is 7.67. The van der Waals surface area contributed by atoms with Crippen molar-refractivity contribution in [2.75, 3.05) is 19.8 Å². The van der Waals surface area contributed by atoms with E-state index >= 15 is 0 Å². The van der Waals surface area contributed by atoms with E-state index in [4.69, 9.17) is 15.3 Å². The molecule has 0 fully saturated rings. The molecule has 0 radical (unpaired) electrons. The third-order valence-corrected chi connectivity index (χ3v) is 3.79. The fraction of sp³-hybridized carbons (Fsp3) is 1.00. The van der Waals surface area contributed by atoms with E-state index in [0.717, 1.165) is 19.3 Å². The summed E-state index contributed by atoms with van der Waals surface area (Å²) in [5.41, 5.74) is 0. The van der Waals surface area contributed by atoms with E-state index in [1.807, 2.05) is 0 Å². The molecule has 0 saturated heterocycles. The largest absolute Gasteiger partial charge is 0.412 e. The van der Waals surface area contributed by atoms with Crippen molar-refractivity contribution >= 4 is 0 Å². The van der Waals surface area contributed by atoms with Crippen LogP contribution in [0.2, 0.25) is 0 Å². The molecule has 5 heteroatoms. The van der Waals surface area contributed by atoms with Crippen molar-refractivity contribution in [1.29, 1.82) is 0 Å². The van der Waals surface area contributed by atoms with Gasteiger partial charge in [0.2, 0.25) is 0 Å². The molecular weight excluding hydrogens is 364 g/mol. The van der Waals surface area contributed by atoms with Crippen LogP contribution in [-0.2, 0) is 21.7 Å². The smallest absolute Gasteiger partial charge is 0.0431 e. The first-order chi connectivity index (χ1) is 11.7. The van der Waals surface area contributed by atoms with E-state index in [0.29, 0.717) is 19.8 Å². The van der Waals surface area contributed by atoms with Gasteiger partial charge >= 0.3 is 0 Å². The average Bonchev–Trinajstić information content (AvgIpc) is 2.61. The molecule has 0 amide bonds.